The van der Waals surface area contributed by atoms with Gasteiger partial charge in [-0.25, -0.2) is 13.1 Å². The van der Waals surface area contributed by atoms with Gasteiger partial charge in [-0.05, 0) is 43.4 Å². The number of alkyl halides is 3. The number of aromatic nitrogens is 2. The number of aromatic amines is 1. The summed E-state index contributed by atoms with van der Waals surface area (Å²) in [5, 5.41) is 14.3. The third kappa shape index (κ3) is 3.79. The molecule has 1 fully saturated rings. The molecule has 2 heterocycles. The first-order valence-electron chi connectivity index (χ1n) is 8.03. The maximum absolute atomic E-state index is 12.6. The van der Waals surface area contributed by atoms with Gasteiger partial charge >= 0.3 is 6.18 Å². The molecular weight excluding hydrogens is 375 g/mol. The van der Waals surface area contributed by atoms with Crippen LogP contribution in [-0.2, 0) is 16.2 Å². The summed E-state index contributed by atoms with van der Waals surface area (Å²) in [6.45, 7) is 1.83. The molecule has 1 saturated carbocycles. The SMILES string of the molecule is CC[C@@H](NS(=O)(=O)c1ccc(-c2cc(C(F)(F)F)[nH]n2)o1)C1CC(O)C1. The lowest BCUT2D eigenvalue weighted by atomic mass is 9.77. The number of nitrogens with zero attached hydrogens (tertiary/aromatic N) is 1. The van der Waals surface area contributed by atoms with Gasteiger partial charge < -0.3 is 9.52 Å². The average Bonchev–Trinajstić information content (AvgIpc) is 3.17. The van der Waals surface area contributed by atoms with Gasteiger partial charge in [0.05, 0.1) is 6.10 Å². The van der Waals surface area contributed by atoms with Gasteiger partial charge in [-0.1, -0.05) is 6.92 Å². The van der Waals surface area contributed by atoms with Crippen molar-refractivity contribution in [2.24, 2.45) is 5.92 Å². The molecule has 0 bridgehead atoms. The van der Waals surface area contributed by atoms with E-state index in [0.717, 1.165) is 6.07 Å². The predicted octanol–water partition coefficient (Wildman–Crippen LogP) is 2.52. The molecule has 0 spiro atoms. The van der Waals surface area contributed by atoms with Crippen molar-refractivity contribution in [3.63, 3.8) is 0 Å². The number of hydrogen-bond donors (Lipinski definition) is 3. The van der Waals surface area contributed by atoms with Crippen molar-refractivity contribution in [3.05, 3.63) is 23.9 Å². The molecule has 144 valence electrons. The Hall–Kier alpha value is -1.85. The largest absolute Gasteiger partial charge is 0.442 e. The van der Waals surface area contributed by atoms with E-state index in [0.29, 0.717) is 19.3 Å². The highest BCUT2D eigenvalue weighted by atomic mass is 32.2. The number of sulfonamides is 1. The monoisotopic (exact) mass is 393 g/mol. The molecule has 1 aliphatic rings. The number of H-pyrrole nitrogens is 1. The van der Waals surface area contributed by atoms with E-state index < -0.39 is 33.1 Å². The second kappa shape index (κ2) is 6.71. The maximum atomic E-state index is 12.6. The molecule has 1 atom stereocenters. The topological polar surface area (TPSA) is 108 Å². The number of hydrogen-bond acceptors (Lipinski definition) is 5. The van der Waals surface area contributed by atoms with Crippen molar-refractivity contribution >= 4 is 10.0 Å². The maximum Gasteiger partial charge on any atom is 0.432 e. The Morgan fingerprint density at radius 2 is 2.12 bits per heavy atom. The summed E-state index contributed by atoms with van der Waals surface area (Å²) in [5.74, 6) is -0.0517. The molecule has 0 amide bonds. The summed E-state index contributed by atoms with van der Waals surface area (Å²) >= 11 is 0. The number of furan rings is 1. The summed E-state index contributed by atoms with van der Waals surface area (Å²) < 4.78 is 70.5. The molecular formula is C15H18F3N3O4S. The van der Waals surface area contributed by atoms with Crippen LogP contribution in [0.15, 0.2) is 27.7 Å². The molecule has 7 nitrogen and oxygen atoms in total. The number of rotatable bonds is 6. The van der Waals surface area contributed by atoms with Crippen LogP contribution in [0, 0.1) is 5.92 Å². The quantitative estimate of drug-likeness (QED) is 0.699. The molecule has 0 radical (unpaired) electrons. The highest BCUT2D eigenvalue weighted by Gasteiger charge is 2.36. The van der Waals surface area contributed by atoms with Gasteiger partial charge in [0.1, 0.15) is 11.4 Å². The van der Waals surface area contributed by atoms with E-state index in [2.05, 4.69) is 9.82 Å². The van der Waals surface area contributed by atoms with Crippen LogP contribution < -0.4 is 4.72 Å². The zero-order valence-corrected chi connectivity index (χ0v) is 14.6. The van der Waals surface area contributed by atoms with E-state index in [-0.39, 0.29) is 23.4 Å². The highest BCUT2D eigenvalue weighted by Crippen LogP contribution is 2.33. The normalized spacial score (nSPS) is 22.2. The summed E-state index contributed by atoms with van der Waals surface area (Å²) in [4.78, 5) is 0. The van der Waals surface area contributed by atoms with E-state index in [4.69, 9.17) is 4.42 Å². The number of halogens is 3. The van der Waals surface area contributed by atoms with Crippen molar-refractivity contribution in [1.82, 2.24) is 14.9 Å². The molecule has 0 aliphatic heterocycles. The third-order valence-electron chi connectivity index (χ3n) is 4.45. The first-order valence-corrected chi connectivity index (χ1v) is 9.51. The second-order valence-corrected chi connectivity index (χ2v) is 7.95. The first-order chi connectivity index (χ1) is 12.1. The molecule has 11 heteroatoms. The summed E-state index contributed by atoms with van der Waals surface area (Å²) in [6, 6.07) is 2.81. The van der Waals surface area contributed by atoms with Crippen LogP contribution in [0.2, 0.25) is 0 Å². The highest BCUT2D eigenvalue weighted by molar-refractivity contribution is 7.89. The van der Waals surface area contributed by atoms with Crippen LogP contribution in [-0.4, -0.2) is 35.9 Å². The minimum absolute atomic E-state index is 0.0416. The zero-order valence-electron chi connectivity index (χ0n) is 13.7. The summed E-state index contributed by atoms with van der Waals surface area (Å²) in [5.41, 5.74) is -1.20. The predicted molar refractivity (Wildman–Crippen MR) is 84.4 cm³/mol. The van der Waals surface area contributed by atoms with Crippen molar-refractivity contribution in [1.29, 1.82) is 0 Å². The number of aliphatic hydroxyl groups excluding tert-OH is 1. The first kappa shape index (κ1) is 18.9. The van der Waals surface area contributed by atoms with Gasteiger partial charge in [0.15, 0.2) is 5.76 Å². The summed E-state index contributed by atoms with van der Waals surface area (Å²) in [7, 11) is -3.98. The van der Waals surface area contributed by atoms with Crippen molar-refractivity contribution in [3.8, 4) is 11.5 Å². The fraction of sp³-hybridized carbons (Fsp3) is 0.533. The van der Waals surface area contributed by atoms with E-state index in [9.17, 15) is 26.7 Å². The minimum Gasteiger partial charge on any atom is -0.442 e. The van der Waals surface area contributed by atoms with Gasteiger partial charge in [0.25, 0.3) is 10.0 Å². The molecule has 26 heavy (non-hydrogen) atoms. The lowest BCUT2D eigenvalue weighted by molar-refractivity contribution is -0.141. The Balaban J connectivity index is 1.76. The molecule has 3 rings (SSSR count). The number of aliphatic hydroxyl groups is 1. The second-order valence-electron chi connectivity index (χ2n) is 6.30. The fourth-order valence-corrected chi connectivity index (χ4v) is 4.24. The minimum atomic E-state index is -4.59. The Bertz CT molecular complexity index is 869. The lowest BCUT2D eigenvalue weighted by Gasteiger charge is -2.37. The lowest BCUT2D eigenvalue weighted by Crippen LogP contribution is -2.46. The van der Waals surface area contributed by atoms with Gasteiger partial charge in [0.2, 0.25) is 5.09 Å². The molecule has 0 saturated heterocycles. The van der Waals surface area contributed by atoms with E-state index in [1.807, 2.05) is 12.0 Å². The Labute approximate surface area is 147 Å². The smallest absolute Gasteiger partial charge is 0.432 e. The standard InChI is InChI=1S/C15H18F3N3O4S/c1-2-10(8-5-9(22)6-8)21-26(23,24)14-4-3-12(25-14)11-7-13(20-19-11)15(16,17)18/h3-4,7-10,21-22H,2,5-6H2,1H3,(H,19,20)/t8?,9?,10-/m1/s1. The van der Waals surface area contributed by atoms with Gasteiger partial charge in [-0.3, -0.25) is 5.10 Å². The van der Waals surface area contributed by atoms with Crippen LogP contribution in [0.25, 0.3) is 11.5 Å². The van der Waals surface area contributed by atoms with E-state index >= 15 is 0 Å². The Morgan fingerprint density at radius 3 is 2.65 bits per heavy atom. The fourth-order valence-electron chi connectivity index (χ4n) is 2.92. The third-order valence-corrected chi connectivity index (χ3v) is 5.81. The van der Waals surface area contributed by atoms with Gasteiger partial charge in [0, 0.05) is 6.04 Å². The summed E-state index contributed by atoms with van der Waals surface area (Å²) in [6.07, 6.45) is -3.40. The van der Waals surface area contributed by atoms with Gasteiger partial charge in [-0.15, -0.1) is 0 Å². The molecule has 2 aromatic heterocycles. The van der Waals surface area contributed by atoms with Crippen LogP contribution in [0.3, 0.4) is 0 Å². The Kier molecular flexibility index (Phi) is 4.88. The van der Waals surface area contributed by atoms with Crippen molar-refractivity contribution in [2.45, 2.75) is 49.6 Å². The molecule has 1 aliphatic carbocycles. The molecule has 3 N–H and O–H groups in total. The zero-order chi connectivity index (χ0) is 19.1. The van der Waals surface area contributed by atoms with Crippen LogP contribution in [0.4, 0.5) is 13.2 Å². The van der Waals surface area contributed by atoms with Crippen LogP contribution in [0.1, 0.15) is 31.9 Å². The number of nitrogens with one attached hydrogen (secondary N) is 2. The van der Waals surface area contributed by atoms with Crippen LogP contribution >= 0.6 is 0 Å². The molecule has 0 unspecified atom stereocenters. The molecule has 2 aromatic rings. The van der Waals surface area contributed by atoms with E-state index in [1.165, 1.54) is 12.1 Å². The van der Waals surface area contributed by atoms with Gasteiger partial charge in [-0.2, -0.15) is 18.3 Å². The molecule has 0 aromatic carbocycles. The van der Waals surface area contributed by atoms with Crippen molar-refractivity contribution in [2.75, 3.05) is 0 Å². The van der Waals surface area contributed by atoms with Crippen molar-refractivity contribution < 1.29 is 31.1 Å². The van der Waals surface area contributed by atoms with Crippen LogP contribution in [0.5, 0.6) is 0 Å². The Morgan fingerprint density at radius 1 is 1.42 bits per heavy atom. The van der Waals surface area contributed by atoms with E-state index in [1.54, 1.807) is 0 Å². The average molecular weight is 393 g/mol.